The fourth-order valence-electron chi connectivity index (χ4n) is 1.90. The minimum atomic E-state index is -0.588. The molecule has 0 bridgehead atoms. The molecular weight excluding hydrogens is 249 g/mol. The summed E-state index contributed by atoms with van der Waals surface area (Å²) >= 11 is 0. The Kier molecular flexibility index (Phi) is 3.59. The zero-order valence-corrected chi connectivity index (χ0v) is 11.1. The van der Waals surface area contributed by atoms with Crippen LogP contribution < -0.4 is 15.2 Å². The van der Waals surface area contributed by atoms with Gasteiger partial charge in [-0.05, 0) is 17.7 Å². The maximum Gasteiger partial charge on any atom is 0.170 e. The van der Waals surface area contributed by atoms with Crippen molar-refractivity contribution in [2.45, 2.75) is 6.67 Å². The van der Waals surface area contributed by atoms with E-state index in [2.05, 4.69) is 5.10 Å². The number of nitrogens with two attached hydrogens (primary N) is 1. The monoisotopic (exact) mass is 265 g/mol. The molecule has 0 unspecified atom stereocenters. The standard InChI is InChI=1S/C13H16FN3O2/c1-17-12(15)6-10(16-17)9-4-8(7-14)5-11(18-2)13(9)19-3/h4-6H,7,15H2,1-3H3. The first-order chi connectivity index (χ1) is 9.10. The molecule has 0 saturated heterocycles. The summed E-state index contributed by atoms with van der Waals surface area (Å²) in [6, 6.07) is 5.00. The second-order valence-electron chi connectivity index (χ2n) is 4.09. The van der Waals surface area contributed by atoms with Crippen molar-refractivity contribution in [3.63, 3.8) is 0 Å². The lowest BCUT2D eigenvalue weighted by molar-refractivity contribution is 0.354. The highest BCUT2D eigenvalue weighted by Gasteiger charge is 2.17. The molecule has 0 fully saturated rings. The number of alkyl halides is 1. The van der Waals surface area contributed by atoms with Crippen LogP contribution in [-0.4, -0.2) is 24.0 Å². The van der Waals surface area contributed by atoms with E-state index in [1.807, 2.05) is 0 Å². The molecule has 0 amide bonds. The highest BCUT2D eigenvalue weighted by molar-refractivity contribution is 5.73. The fourth-order valence-corrected chi connectivity index (χ4v) is 1.90. The first kappa shape index (κ1) is 13.2. The first-order valence-corrected chi connectivity index (χ1v) is 5.71. The molecule has 0 aliphatic heterocycles. The second kappa shape index (κ2) is 5.17. The SMILES string of the molecule is COc1cc(CF)cc(-c2cc(N)n(C)n2)c1OC. The van der Waals surface area contributed by atoms with E-state index in [0.717, 1.165) is 0 Å². The molecule has 0 saturated carbocycles. The van der Waals surface area contributed by atoms with Gasteiger partial charge in [0.05, 0.1) is 19.9 Å². The Morgan fingerprint density at radius 3 is 2.47 bits per heavy atom. The van der Waals surface area contributed by atoms with E-state index in [4.69, 9.17) is 15.2 Å². The average molecular weight is 265 g/mol. The van der Waals surface area contributed by atoms with E-state index in [1.165, 1.54) is 14.2 Å². The van der Waals surface area contributed by atoms with Crippen molar-refractivity contribution in [1.29, 1.82) is 0 Å². The van der Waals surface area contributed by atoms with Crippen molar-refractivity contribution in [1.82, 2.24) is 9.78 Å². The van der Waals surface area contributed by atoms with Crippen molar-refractivity contribution in [3.8, 4) is 22.8 Å². The number of ether oxygens (including phenoxy) is 2. The minimum Gasteiger partial charge on any atom is -0.493 e. The highest BCUT2D eigenvalue weighted by Crippen LogP contribution is 2.39. The summed E-state index contributed by atoms with van der Waals surface area (Å²) in [4.78, 5) is 0. The van der Waals surface area contributed by atoms with Crippen LogP contribution >= 0.6 is 0 Å². The molecular formula is C13H16FN3O2. The zero-order valence-electron chi connectivity index (χ0n) is 11.1. The summed E-state index contributed by atoms with van der Waals surface area (Å²) in [7, 11) is 4.78. The van der Waals surface area contributed by atoms with Crippen LogP contribution in [0.4, 0.5) is 10.2 Å². The van der Waals surface area contributed by atoms with E-state index in [-0.39, 0.29) is 0 Å². The largest absolute Gasteiger partial charge is 0.493 e. The number of aromatic nitrogens is 2. The summed E-state index contributed by atoms with van der Waals surface area (Å²) < 4.78 is 25.0. The Morgan fingerprint density at radius 1 is 1.26 bits per heavy atom. The normalized spacial score (nSPS) is 10.5. The number of benzene rings is 1. The molecule has 0 radical (unpaired) electrons. The third-order valence-corrected chi connectivity index (χ3v) is 2.88. The molecule has 19 heavy (non-hydrogen) atoms. The topological polar surface area (TPSA) is 62.3 Å². The van der Waals surface area contributed by atoms with Crippen LogP contribution in [0.25, 0.3) is 11.3 Å². The molecule has 0 spiro atoms. The summed E-state index contributed by atoms with van der Waals surface area (Å²) in [5, 5.41) is 4.27. The lowest BCUT2D eigenvalue weighted by Gasteiger charge is -2.12. The van der Waals surface area contributed by atoms with E-state index in [9.17, 15) is 4.39 Å². The number of rotatable bonds is 4. The van der Waals surface area contributed by atoms with E-state index in [1.54, 1.807) is 29.9 Å². The quantitative estimate of drug-likeness (QED) is 0.920. The first-order valence-electron chi connectivity index (χ1n) is 5.71. The number of nitrogen functional groups attached to an aromatic ring is 1. The number of hydrogen-bond acceptors (Lipinski definition) is 4. The number of halogens is 1. The molecule has 0 aliphatic carbocycles. The van der Waals surface area contributed by atoms with Gasteiger partial charge in [0.2, 0.25) is 0 Å². The molecule has 1 heterocycles. The van der Waals surface area contributed by atoms with Crippen molar-refractivity contribution in [2.75, 3.05) is 20.0 Å². The lowest BCUT2D eigenvalue weighted by Crippen LogP contribution is -1.98. The summed E-state index contributed by atoms with van der Waals surface area (Å²) in [5.41, 5.74) is 7.53. The number of aryl methyl sites for hydroxylation is 1. The Labute approximate surface area is 110 Å². The number of nitrogens with zero attached hydrogens (tertiary/aromatic N) is 2. The molecule has 0 aliphatic rings. The van der Waals surface area contributed by atoms with Gasteiger partial charge in [-0.2, -0.15) is 5.10 Å². The molecule has 2 aromatic rings. The van der Waals surface area contributed by atoms with E-state index in [0.29, 0.717) is 34.1 Å². The number of hydrogen-bond donors (Lipinski definition) is 1. The van der Waals surface area contributed by atoms with Crippen molar-refractivity contribution in [2.24, 2.45) is 7.05 Å². The van der Waals surface area contributed by atoms with Crippen molar-refractivity contribution < 1.29 is 13.9 Å². The van der Waals surface area contributed by atoms with Gasteiger partial charge in [-0.1, -0.05) is 0 Å². The Hall–Kier alpha value is -2.24. The fraction of sp³-hybridized carbons (Fsp3) is 0.308. The average Bonchev–Trinajstić information content (AvgIpc) is 2.76. The predicted octanol–water partition coefficient (Wildman–Crippen LogP) is 2.16. The Morgan fingerprint density at radius 2 is 2.00 bits per heavy atom. The second-order valence-corrected chi connectivity index (χ2v) is 4.09. The maximum atomic E-state index is 12.9. The van der Waals surface area contributed by atoms with Crippen molar-refractivity contribution in [3.05, 3.63) is 23.8 Å². The number of methoxy groups -OCH3 is 2. The van der Waals surface area contributed by atoms with Gasteiger partial charge in [0.25, 0.3) is 0 Å². The molecule has 102 valence electrons. The molecule has 2 rings (SSSR count). The van der Waals surface area contributed by atoms with Crippen LogP contribution in [0.5, 0.6) is 11.5 Å². The van der Waals surface area contributed by atoms with Gasteiger partial charge in [-0.25, -0.2) is 4.39 Å². The smallest absolute Gasteiger partial charge is 0.170 e. The molecule has 1 aromatic heterocycles. The lowest BCUT2D eigenvalue weighted by atomic mass is 10.1. The summed E-state index contributed by atoms with van der Waals surface area (Å²) in [6.07, 6.45) is 0. The van der Waals surface area contributed by atoms with Gasteiger partial charge < -0.3 is 15.2 Å². The minimum absolute atomic E-state index is 0.469. The van der Waals surface area contributed by atoms with Gasteiger partial charge in [0.15, 0.2) is 11.5 Å². The molecule has 1 aromatic carbocycles. The number of anilines is 1. The Balaban J connectivity index is 2.65. The highest BCUT2D eigenvalue weighted by atomic mass is 19.1. The predicted molar refractivity (Wildman–Crippen MR) is 71.0 cm³/mol. The molecule has 2 N–H and O–H groups in total. The molecule has 5 nitrogen and oxygen atoms in total. The van der Waals surface area contributed by atoms with Gasteiger partial charge in [0, 0.05) is 18.7 Å². The van der Waals surface area contributed by atoms with Crippen molar-refractivity contribution >= 4 is 5.82 Å². The van der Waals surface area contributed by atoms with Gasteiger partial charge in [-0.15, -0.1) is 0 Å². The summed E-state index contributed by atoms with van der Waals surface area (Å²) in [6.45, 7) is -0.588. The van der Waals surface area contributed by atoms with Gasteiger partial charge in [-0.3, -0.25) is 4.68 Å². The van der Waals surface area contributed by atoms with Crippen LogP contribution in [-0.2, 0) is 13.7 Å². The van der Waals surface area contributed by atoms with Crippen LogP contribution in [0.2, 0.25) is 0 Å². The van der Waals surface area contributed by atoms with Gasteiger partial charge in [0.1, 0.15) is 12.5 Å². The van der Waals surface area contributed by atoms with Crippen LogP contribution in [0.3, 0.4) is 0 Å². The van der Waals surface area contributed by atoms with Gasteiger partial charge >= 0.3 is 0 Å². The van der Waals surface area contributed by atoms with Crippen LogP contribution in [0.1, 0.15) is 5.56 Å². The third-order valence-electron chi connectivity index (χ3n) is 2.88. The zero-order chi connectivity index (χ0) is 14.0. The van der Waals surface area contributed by atoms with E-state index >= 15 is 0 Å². The van der Waals surface area contributed by atoms with Crippen LogP contribution in [0.15, 0.2) is 18.2 Å². The summed E-state index contributed by atoms with van der Waals surface area (Å²) in [5.74, 6) is 1.50. The molecule has 6 heteroatoms. The van der Waals surface area contributed by atoms with Crippen LogP contribution in [0, 0.1) is 0 Å². The van der Waals surface area contributed by atoms with E-state index < -0.39 is 6.67 Å². The Bertz CT molecular complexity index is 576. The molecule has 0 atom stereocenters. The third kappa shape index (κ3) is 2.33. The maximum absolute atomic E-state index is 12.9.